The van der Waals surface area contributed by atoms with Crippen molar-refractivity contribution in [3.63, 3.8) is 0 Å². The number of allylic oxidation sites excluding steroid dienone is 1. The molecule has 0 spiro atoms. The number of piperidine rings is 1. The van der Waals surface area contributed by atoms with Crippen molar-refractivity contribution in [1.29, 1.82) is 0 Å². The second-order valence-corrected chi connectivity index (χ2v) is 6.48. The number of fused-ring (bicyclic) bond motifs is 1. The number of carbonyl (C=O) groups excluding carboxylic acids is 1. The smallest absolute Gasteiger partial charge is 0.246 e. The summed E-state index contributed by atoms with van der Waals surface area (Å²) < 4.78 is 0. The van der Waals surface area contributed by atoms with Crippen LogP contribution in [-0.2, 0) is 10.4 Å². The third-order valence-corrected chi connectivity index (χ3v) is 4.50. The molecule has 0 unspecified atom stereocenters. The standard InChI is InChI=1S/C19H22N2O2/c1-14(2)12-18(22)21-10-7-19(23,8-11-21)17-5-3-4-15-13-20-9-6-16(15)17/h3-6,9,12-13,23H,7-8,10-11H2,1-2H3. The van der Waals surface area contributed by atoms with E-state index >= 15 is 0 Å². The van der Waals surface area contributed by atoms with E-state index in [1.165, 1.54) is 0 Å². The molecule has 1 saturated heterocycles. The molecule has 4 heteroatoms. The van der Waals surface area contributed by atoms with Crippen molar-refractivity contribution in [3.8, 4) is 0 Å². The van der Waals surface area contributed by atoms with Gasteiger partial charge < -0.3 is 10.0 Å². The number of aliphatic hydroxyl groups is 1. The fourth-order valence-electron chi connectivity index (χ4n) is 3.23. The molecular weight excluding hydrogens is 288 g/mol. The van der Waals surface area contributed by atoms with Crippen LogP contribution in [-0.4, -0.2) is 34.0 Å². The van der Waals surface area contributed by atoms with Crippen LogP contribution in [0.4, 0.5) is 0 Å². The lowest BCUT2D eigenvalue weighted by Gasteiger charge is -2.38. The number of amides is 1. The maximum absolute atomic E-state index is 12.1. The van der Waals surface area contributed by atoms with Gasteiger partial charge in [0, 0.05) is 36.9 Å². The van der Waals surface area contributed by atoms with Gasteiger partial charge in [-0.25, -0.2) is 0 Å². The van der Waals surface area contributed by atoms with Crippen molar-refractivity contribution in [2.45, 2.75) is 32.3 Å². The van der Waals surface area contributed by atoms with Crippen LogP contribution < -0.4 is 0 Å². The minimum atomic E-state index is -0.886. The fraction of sp³-hybridized carbons (Fsp3) is 0.368. The molecule has 0 radical (unpaired) electrons. The number of carbonyl (C=O) groups is 1. The van der Waals surface area contributed by atoms with E-state index in [9.17, 15) is 9.90 Å². The Balaban J connectivity index is 1.84. The Morgan fingerprint density at radius 2 is 2.00 bits per heavy atom. The van der Waals surface area contributed by atoms with Gasteiger partial charge in [0.2, 0.25) is 5.91 Å². The summed E-state index contributed by atoms with van der Waals surface area (Å²) in [6, 6.07) is 7.89. The summed E-state index contributed by atoms with van der Waals surface area (Å²) in [6.07, 6.45) is 6.33. The molecule has 23 heavy (non-hydrogen) atoms. The van der Waals surface area contributed by atoms with Gasteiger partial charge in [-0.2, -0.15) is 0 Å². The van der Waals surface area contributed by atoms with Crippen LogP contribution in [0.5, 0.6) is 0 Å². The van der Waals surface area contributed by atoms with E-state index in [0.717, 1.165) is 21.9 Å². The summed E-state index contributed by atoms with van der Waals surface area (Å²) in [5.74, 6) is 0.0363. The zero-order valence-electron chi connectivity index (χ0n) is 13.6. The molecule has 0 aliphatic carbocycles. The predicted molar refractivity (Wildman–Crippen MR) is 90.9 cm³/mol. The lowest BCUT2D eigenvalue weighted by Crippen LogP contribution is -2.44. The molecule has 1 aliphatic rings. The zero-order valence-corrected chi connectivity index (χ0v) is 13.6. The summed E-state index contributed by atoms with van der Waals surface area (Å²) in [6.45, 7) is 4.98. The number of aromatic nitrogens is 1. The molecule has 1 amide bonds. The molecular formula is C19H22N2O2. The third kappa shape index (κ3) is 3.13. The molecule has 4 nitrogen and oxygen atoms in total. The molecule has 0 atom stereocenters. The van der Waals surface area contributed by atoms with Crippen LogP contribution in [0.1, 0.15) is 32.3 Å². The average molecular weight is 310 g/mol. The summed E-state index contributed by atoms with van der Waals surface area (Å²) in [5, 5.41) is 13.2. The second-order valence-electron chi connectivity index (χ2n) is 6.48. The van der Waals surface area contributed by atoms with Crippen LogP contribution in [0.3, 0.4) is 0 Å². The first kappa shape index (κ1) is 15.7. The Morgan fingerprint density at radius 1 is 1.26 bits per heavy atom. The zero-order chi connectivity index (χ0) is 16.4. The molecule has 2 aromatic rings. The van der Waals surface area contributed by atoms with Gasteiger partial charge in [0.1, 0.15) is 0 Å². The molecule has 2 heterocycles. The molecule has 1 N–H and O–H groups in total. The van der Waals surface area contributed by atoms with Crippen molar-refractivity contribution >= 4 is 16.7 Å². The monoisotopic (exact) mass is 310 g/mol. The Morgan fingerprint density at radius 3 is 2.70 bits per heavy atom. The largest absolute Gasteiger partial charge is 0.385 e. The summed E-state index contributed by atoms with van der Waals surface area (Å²) >= 11 is 0. The van der Waals surface area contributed by atoms with E-state index in [4.69, 9.17) is 0 Å². The van der Waals surface area contributed by atoms with Crippen LogP contribution in [0, 0.1) is 0 Å². The van der Waals surface area contributed by atoms with Crippen molar-refractivity contribution in [2.75, 3.05) is 13.1 Å². The number of nitrogens with zero attached hydrogens (tertiary/aromatic N) is 2. The van der Waals surface area contributed by atoms with Gasteiger partial charge in [-0.05, 0) is 43.7 Å². The highest BCUT2D eigenvalue weighted by Crippen LogP contribution is 2.36. The lowest BCUT2D eigenvalue weighted by atomic mass is 9.82. The first-order chi connectivity index (χ1) is 11.0. The van der Waals surface area contributed by atoms with E-state index < -0.39 is 5.60 Å². The highest BCUT2D eigenvalue weighted by Gasteiger charge is 2.36. The Kier molecular flexibility index (Phi) is 4.18. The van der Waals surface area contributed by atoms with E-state index in [1.807, 2.05) is 49.2 Å². The molecule has 0 bridgehead atoms. The predicted octanol–water partition coefficient (Wildman–Crippen LogP) is 3.01. The first-order valence-electron chi connectivity index (χ1n) is 7.99. The quantitative estimate of drug-likeness (QED) is 0.868. The van der Waals surface area contributed by atoms with Gasteiger partial charge in [0.15, 0.2) is 0 Å². The maximum Gasteiger partial charge on any atom is 0.246 e. The van der Waals surface area contributed by atoms with Crippen molar-refractivity contribution < 1.29 is 9.90 Å². The van der Waals surface area contributed by atoms with Gasteiger partial charge in [0.05, 0.1) is 5.60 Å². The van der Waals surface area contributed by atoms with Crippen LogP contribution >= 0.6 is 0 Å². The van der Waals surface area contributed by atoms with Crippen LogP contribution in [0.15, 0.2) is 48.3 Å². The van der Waals surface area contributed by atoms with Crippen molar-refractivity contribution in [1.82, 2.24) is 9.88 Å². The summed E-state index contributed by atoms with van der Waals surface area (Å²) in [7, 11) is 0. The number of benzene rings is 1. The molecule has 1 aromatic heterocycles. The SMILES string of the molecule is CC(C)=CC(=O)N1CCC(O)(c2cccc3cnccc23)CC1. The van der Waals surface area contributed by atoms with Gasteiger partial charge in [-0.15, -0.1) is 0 Å². The lowest BCUT2D eigenvalue weighted by molar-refractivity contribution is -0.130. The molecule has 0 saturated carbocycles. The van der Waals surface area contributed by atoms with Crippen molar-refractivity contribution in [3.05, 3.63) is 53.9 Å². The number of likely N-dealkylation sites (tertiary alicyclic amines) is 1. The average Bonchev–Trinajstić information content (AvgIpc) is 2.54. The highest BCUT2D eigenvalue weighted by molar-refractivity contribution is 5.88. The minimum absolute atomic E-state index is 0.0363. The highest BCUT2D eigenvalue weighted by atomic mass is 16.3. The van der Waals surface area contributed by atoms with Crippen molar-refractivity contribution in [2.24, 2.45) is 0 Å². The van der Waals surface area contributed by atoms with Gasteiger partial charge in [0.25, 0.3) is 0 Å². The van der Waals surface area contributed by atoms with Crippen LogP contribution in [0.25, 0.3) is 10.8 Å². The van der Waals surface area contributed by atoms with Gasteiger partial charge >= 0.3 is 0 Å². The molecule has 1 aromatic carbocycles. The van der Waals surface area contributed by atoms with Crippen LogP contribution in [0.2, 0.25) is 0 Å². The van der Waals surface area contributed by atoms with E-state index in [2.05, 4.69) is 4.98 Å². The topological polar surface area (TPSA) is 53.4 Å². The molecule has 3 rings (SSSR count). The fourth-order valence-corrected chi connectivity index (χ4v) is 3.23. The number of pyridine rings is 1. The number of hydrogen-bond donors (Lipinski definition) is 1. The summed E-state index contributed by atoms with van der Waals surface area (Å²) in [5.41, 5.74) is 1.05. The third-order valence-electron chi connectivity index (χ3n) is 4.50. The Hall–Kier alpha value is -2.20. The molecule has 120 valence electrons. The van der Waals surface area contributed by atoms with Gasteiger partial charge in [-0.1, -0.05) is 23.8 Å². The van der Waals surface area contributed by atoms with E-state index in [1.54, 1.807) is 12.3 Å². The maximum atomic E-state index is 12.1. The summed E-state index contributed by atoms with van der Waals surface area (Å²) in [4.78, 5) is 18.1. The molecule has 1 aliphatic heterocycles. The normalized spacial score (nSPS) is 17.1. The Bertz CT molecular complexity index is 750. The molecule has 1 fully saturated rings. The second kappa shape index (κ2) is 6.13. The first-order valence-corrected chi connectivity index (χ1v) is 7.99. The van der Waals surface area contributed by atoms with Gasteiger partial charge in [-0.3, -0.25) is 9.78 Å². The van der Waals surface area contributed by atoms with E-state index in [0.29, 0.717) is 25.9 Å². The number of hydrogen-bond acceptors (Lipinski definition) is 3. The van der Waals surface area contributed by atoms with E-state index in [-0.39, 0.29) is 5.91 Å². The Labute approximate surface area is 136 Å². The minimum Gasteiger partial charge on any atom is -0.385 e. The number of rotatable bonds is 2.